The summed E-state index contributed by atoms with van der Waals surface area (Å²) in [6.07, 6.45) is 4.06. The zero-order valence-corrected chi connectivity index (χ0v) is 10.4. The Morgan fingerprint density at radius 3 is 2.74 bits per heavy atom. The van der Waals surface area contributed by atoms with E-state index in [4.69, 9.17) is 0 Å². The Morgan fingerprint density at radius 1 is 1.21 bits per heavy atom. The van der Waals surface area contributed by atoms with Gasteiger partial charge < -0.3 is 5.32 Å². The van der Waals surface area contributed by atoms with E-state index in [-0.39, 0.29) is 5.91 Å². The third-order valence-electron chi connectivity index (χ3n) is 3.07. The fraction of sp³-hybridized carbons (Fsp3) is 0.286. The molecule has 0 aromatic carbocycles. The summed E-state index contributed by atoms with van der Waals surface area (Å²) in [4.78, 5) is 16.0. The first-order valence-electron chi connectivity index (χ1n) is 6.34. The monoisotopic (exact) mass is 254 g/mol. The predicted octanol–water partition coefficient (Wildman–Crippen LogP) is 1.68. The SMILES string of the molecule is O=C(NCc1ccccn1)c1ccc(C2CC2)nn1. The topological polar surface area (TPSA) is 67.8 Å². The quantitative estimate of drug-likeness (QED) is 0.901. The van der Waals surface area contributed by atoms with Gasteiger partial charge in [0.05, 0.1) is 17.9 Å². The highest BCUT2D eigenvalue weighted by atomic mass is 16.1. The van der Waals surface area contributed by atoms with Crippen molar-refractivity contribution >= 4 is 5.91 Å². The maximum absolute atomic E-state index is 11.9. The van der Waals surface area contributed by atoms with Gasteiger partial charge in [-0.05, 0) is 37.1 Å². The average Bonchev–Trinajstić information content (AvgIpc) is 3.31. The van der Waals surface area contributed by atoms with Crippen molar-refractivity contribution in [3.8, 4) is 0 Å². The van der Waals surface area contributed by atoms with Gasteiger partial charge in [0, 0.05) is 12.1 Å². The Bertz CT molecular complexity index is 564. The van der Waals surface area contributed by atoms with Crippen molar-refractivity contribution < 1.29 is 4.79 Å². The zero-order valence-electron chi connectivity index (χ0n) is 10.4. The Labute approximate surface area is 111 Å². The van der Waals surface area contributed by atoms with Crippen molar-refractivity contribution in [2.24, 2.45) is 0 Å². The fourth-order valence-electron chi connectivity index (χ4n) is 1.82. The standard InChI is InChI=1S/C14H14N4O/c19-14(16-9-11-3-1-2-8-15-11)13-7-6-12(17-18-13)10-4-5-10/h1-3,6-8,10H,4-5,9H2,(H,16,19). The van der Waals surface area contributed by atoms with E-state index in [0.29, 0.717) is 18.2 Å². The molecule has 1 aliphatic carbocycles. The van der Waals surface area contributed by atoms with Crippen LogP contribution in [-0.4, -0.2) is 21.1 Å². The first kappa shape index (κ1) is 11.8. The Kier molecular flexibility index (Phi) is 3.18. The summed E-state index contributed by atoms with van der Waals surface area (Å²) >= 11 is 0. The van der Waals surface area contributed by atoms with E-state index in [2.05, 4.69) is 20.5 Å². The lowest BCUT2D eigenvalue weighted by molar-refractivity contribution is 0.0944. The van der Waals surface area contributed by atoms with Crippen molar-refractivity contribution in [3.05, 3.63) is 53.6 Å². The molecule has 96 valence electrons. The number of aromatic nitrogens is 3. The molecule has 2 aromatic rings. The van der Waals surface area contributed by atoms with E-state index in [1.807, 2.05) is 24.3 Å². The number of nitrogens with zero attached hydrogens (tertiary/aromatic N) is 3. The van der Waals surface area contributed by atoms with Gasteiger partial charge in [0.15, 0.2) is 5.69 Å². The van der Waals surface area contributed by atoms with Crippen molar-refractivity contribution in [2.45, 2.75) is 25.3 Å². The van der Waals surface area contributed by atoms with Crippen LogP contribution in [0.25, 0.3) is 0 Å². The van der Waals surface area contributed by atoms with E-state index in [1.54, 1.807) is 12.3 Å². The predicted molar refractivity (Wildman–Crippen MR) is 69.4 cm³/mol. The summed E-state index contributed by atoms with van der Waals surface area (Å²) in [5.74, 6) is 0.332. The molecular formula is C14H14N4O. The van der Waals surface area contributed by atoms with Gasteiger partial charge in [-0.2, -0.15) is 5.10 Å². The molecule has 0 radical (unpaired) electrons. The van der Waals surface area contributed by atoms with E-state index >= 15 is 0 Å². The highest BCUT2D eigenvalue weighted by Gasteiger charge is 2.25. The van der Waals surface area contributed by atoms with Gasteiger partial charge in [0.25, 0.3) is 5.91 Å². The van der Waals surface area contributed by atoms with Gasteiger partial charge in [0.1, 0.15) is 0 Å². The van der Waals surface area contributed by atoms with Gasteiger partial charge >= 0.3 is 0 Å². The van der Waals surface area contributed by atoms with Crippen LogP contribution in [0.1, 0.15) is 40.6 Å². The lowest BCUT2D eigenvalue weighted by Gasteiger charge is -2.04. The molecule has 1 fully saturated rings. The molecule has 5 nitrogen and oxygen atoms in total. The molecule has 0 aliphatic heterocycles. The van der Waals surface area contributed by atoms with Crippen LogP contribution in [-0.2, 0) is 6.54 Å². The number of amides is 1. The number of hydrogen-bond donors (Lipinski definition) is 1. The van der Waals surface area contributed by atoms with Gasteiger partial charge in [0.2, 0.25) is 0 Å². The number of rotatable bonds is 4. The lowest BCUT2D eigenvalue weighted by Crippen LogP contribution is -2.24. The van der Waals surface area contributed by atoms with Crippen LogP contribution in [0.4, 0.5) is 0 Å². The molecular weight excluding hydrogens is 240 g/mol. The van der Waals surface area contributed by atoms with E-state index in [0.717, 1.165) is 11.4 Å². The molecule has 19 heavy (non-hydrogen) atoms. The van der Waals surface area contributed by atoms with Crippen LogP contribution in [0.5, 0.6) is 0 Å². The summed E-state index contributed by atoms with van der Waals surface area (Å²) in [6, 6.07) is 9.21. The molecule has 1 saturated carbocycles. The fourth-order valence-corrected chi connectivity index (χ4v) is 1.82. The summed E-state index contributed by atoms with van der Waals surface area (Å²) < 4.78 is 0. The normalized spacial score (nSPS) is 14.1. The summed E-state index contributed by atoms with van der Waals surface area (Å²) in [7, 11) is 0. The molecule has 0 atom stereocenters. The van der Waals surface area contributed by atoms with Gasteiger partial charge in [-0.15, -0.1) is 5.10 Å². The minimum Gasteiger partial charge on any atom is -0.345 e. The van der Waals surface area contributed by atoms with Gasteiger partial charge in [-0.1, -0.05) is 6.07 Å². The highest BCUT2D eigenvalue weighted by Crippen LogP contribution is 2.38. The van der Waals surface area contributed by atoms with Crippen LogP contribution in [0.3, 0.4) is 0 Å². The van der Waals surface area contributed by atoms with Gasteiger partial charge in [-0.3, -0.25) is 9.78 Å². The molecule has 2 heterocycles. The van der Waals surface area contributed by atoms with Crippen molar-refractivity contribution in [1.29, 1.82) is 0 Å². The maximum Gasteiger partial charge on any atom is 0.272 e. The number of carbonyl (C=O) groups excluding carboxylic acids is 1. The minimum absolute atomic E-state index is 0.222. The smallest absolute Gasteiger partial charge is 0.272 e. The number of carbonyl (C=O) groups is 1. The molecule has 1 N–H and O–H groups in total. The first-order valence-corrected chi connectivity index (χ1v) is 6.34. The second-order valence-corrected chi connectivity index (χ2v) is 4.62. The zero-order chi connectivity index (χ0) is 13.1. The first-order chi connectivity index (χ1) is 9.33. The third kappa shape index (κ3) is 2.93. The number of pyridine rings is 1. The molecule has 1 aliphatic rings. The average molecular weight is 254 g/mol. The Hall–Kier alpha value is -2.30. The second-order valence-electron chi connectivity index (χ2n) is 4.62. The Morgan fingerprint density at radius 2 is 2.11 bits per heavy atom. The van der Waals surface area contributed by atoms with Crippen LogP contribution in [0.15, 0.2) is 36.5 Å². The number of hydrogen-bond acceptors (Lipinski definition) is 4. The third-order valence-corrected chi connectivity index (χ3v) is 3.07. The van der Waals surface area contributed by atoms with Crippen LogP contribution in [0, 0.1) is 0 Å². The minimum atomic E-state index is -0.222. The van der Waals surface area contributed by atoms with E-state index in [9.17, 15) is 4.79 Å². The largest absolute Gasteiger partial charge is 0.345 e. The molecule has 1 amide bonds. The summed E-state index contributed by atoms with van der Waals surface area (Å²) in [5, 5.41) is 10.8. The Balaban J connectivity index is 1.60. The van der Waals surface area contributed by atoms with Crippen LogP contribution < -0.4 is 5.32 Å². The molecule has 2 aromatic heterocycles. The van der Waals surface area contributed by atoms with Crippen LogP contribution in [0.2, 0.25) is 0 Å². The summed E-state index contributed by atoms with van der Waals surface area (Å²) in [6.45, 7) is 0.395. The summed E-state index contributed by atoms with van der Waals surface area (Å²) in [5.41, 5.74) is 2.15. The highest BCUT2D eigenvalue weighted by molar-refractivity contribution is 5.91. The molecule has 0 unspecified atom stereocenters. The van der Waals surface area contributed by atoms with Crippen molar-refractivity contribution in [3.63, 3.8) is 0 Å². The maximum atomic E-state index is 11.9. The molecule has 3 rings (SSSR count). The van der Waals surface area contributed by atoms with Crippen LogP contribution >= 0.6 is 0 Å². The second kappa shape index (κ2) is 5.14. The molecule has 5 heteroatoms. The van der Waals surface area contributed by atoms with E-state index in [1.165, 1.54) is 12.8 Å². The van der Waals surface area contributed by atoms with Crippen molar-refractivity contribution in [2.75, 3.05) is 0 Å². The molecule has 0 spiro atoms. The number of nitrogens with one attached hydrogen (secondary N) is 1. The molecule has 0 bridgehead atoms. The molecule has 0 saturated heterocycles. The van der Waals surface area contributed by atoms with Crippen molar-refractivity contribution in [1.82, 2.24) is 20.5 Å². The van der Waals surface area contributed by atoms with Gasteiger partial charge in [-0.25, -0.2) is 0 Å². The lowest BCUT2D eigenvalue weighted by atomic mass is 10.2. The van der Waals surface area contributed by atoms with E-state index < -0.39 is 0 Å².